The molecule has 0 unspecified atom stereocenters. The molecule has 149 valence electrons. The van der Waals surface area contributed by atoms with Gasteiger partial charge in [-0.05, 0) is 24.3 Å². The molecule has 0 amide bonds. The van der Waals surface area contributed by atoms with E-state index < -0.39 is 0 Å². The molecule has 0 aliphatic carbocycles. The Morgan fingerprint density at radius 3 is 2.00 bits per heavy atom. The summed E-state index contributed by atoms with van der Waals surface area (Å²) in [5, 5.41) is 1.63. The minimum atomic E-state index is -0.280. The summed E-state index contributed by atoms with van der Waals surface area (Å²) in [5.41, 5.74) is 2.90. The fourth-order valence-corrected chi connectivity index (χ4v) is 3.61. The second-order valence-corrected chi connectivity index (χ2v) is 6.98. The quantitative estimate of drug-likeness (QED) is 0.231. The zero-order chi connectivity index (χ0) is 20.5. The van der Waals surface area contributed by atoms with Gasteiger partial charge in [0.25, 0.3) is 0 Å². The van der Waals surface area contributed by atoms with Gasteiger partial charge in [0.2, 0.25) is 5.78 Å². The first-order valence-corrected chi connectivity index (χ1v) is 9.60. The molecule has 0 atom stereocenters. The summed E-state index contributed by atoms with van der Waals surface area (Å²) < 4.78 is 0. The molecule has 5 rings (SSSR count). The van der Waals surface area contributed by atoms with Crippen molar-refractivity contribution in [3.8, 4) is 0 Å². The van der Waals surface area contributed by atoms with Crippen LogP contribution >= 0.6 is 0 Å². The van der Waals surface area contributed by atoms with Gasteiger partial charge in [-0.2, -0.15) is 0 Å². The van der Waals surface area contributed by atoms with Crippen LogP contribution in [0.25, 0.3) is 21.8 Å². The zero-order valence-electron chi connectivity index (χ0n) is 16.3. The maximum atomic E-state index is 13.4. The first kappa shape index (κ1) is 21.6. The molecule has 1 radical (unpaired) electrons. The van der Waals surface area contributed by atoms with Crippen molar-refractivity contribution >= 4 is 33.4 Å². The van der Waals surface area contributed by atoms with Crippen molar-refractivity contribution in [1.29, 1.82) is 0 Å². The van der Waals surface area contributed by atoms with E-state index in [2.05, 4.69) is 4.98 Å². The Hall–Kier alpha value is -2.60. The third kappa shape index (κ3) is 4.13. The summed E-state index contributed by atoms with van der Waals surface area (Å²) in [7, 11) is 0. The Morgan fingerprint density at radius 1 is 0.677 bits per heavy atom. The van der Waals surface area contributed by atoms with E-state index in [9.17, 15) is 9.59 Å². The maximum Gasteiger partial charge on any atom is 0.212 e. The van der Waals surface area contributed by atoms with Crippen LogP contribution in [-0.2, 0) is 0 Å². The third-order valence-electron chi connectivity index (χ3n) is 5.10. The van der Waals surface area contributed by atoms with Gasteiger partial charge in [0.05, 0.1) is 16.6 Å². The molecule has 0 aliphatic rings. The van der Waals surface area contributed by atoms with Gasteiger partial charge in [0, 0.05) is 77.5 Å². The molecule has 5 aromatic rings. The topological polar surface area (TPSA) is 59.9 Å². The number of ketones is 2. The van der Waals surface area contributed by atoms with Crippen molar-refractivity contribution in [3.05, 3.63) is 120 Å². The molecule has 0 bridgehead atoms. The predicted molar refractivity (Wildman–Crippen MR) is 117 cm³/mol. The van der Waals surface area contributed by atoms with Crippen LogP contribution in [0.15, 0.2) is 97.2 Å². The number of carbonyl (C=O) groups is 2. The van der Waals surface area contributed by atoms with E-state index in [4.69, 9.17) is 4.98 Å². The van der Waals surface area contributed by atoms with Crippen molar-refractivity contribution in [2.24, 2.45) is 0 Å². The summed E-state index contributed by atoms with van der Waals surface area (Å²) >= 11 is 0. The van der Waals surface area contributed by atoms with Crippen LogP contribution in [-0.4, -0.2) is 21.5 Å². The summed E-state index contributed by atoms with van der Waals surface area (Å²) in [6.45, 7) is 0. The summed E-state index contributed by atoms with van der Waals surface area (Å²) in [6.07, 6.45) is 1.72. The molecule has 2 aromatic heterocycles. The molecule has 0 saturated heterocycles. The Labute approximate surface area is 219 Å². The van der Waals surface area contributed by atoms with Gasteiger partial charge >= 0.3 is 0 Å². The Morgan fingerprint density at radius 2 is 1.32 bits per heavy atom. The van der Waals surface area contributed by atoms with E-state index in [0.29, 0.717) is 22.2 Å². The molecular formula is C26H16EuN2O2. The number of hydrogen-bond donors (Lipinski definition) is 0. The van der Waals surface area contributed by atoms with Crippen LogP contribution in [0.5, 0.6) is 0 Å². The van der Waals surface area contributed by atoms with Gasteiger partial charge in [-0.1, -0.05) is 66.7 Å². The van der Waals surface area contributed by atoms with Crippen molar-refractivity contribution in [2.75, 3.05) is 0 Å². The van der Waals surface area contributed by atoms with Gasteiger partial charge in [-0.25, -0.2) is 4.98 Å². The number of rotatable bonds is 4. The normalized spacial score (nSPS) is 10.6. The Kier molecular flexibility index (Phi) is 6.47. The monoisotopic (exact) mass is 541 g/mol. The van der Waals surface area contributed by atoms with Gasteiger partial charge in [-0.3, -0.25) is 14.6 Å². The molecule has 0 N–H and O–H groups in total. The van der Waals surface area contributed by atoms with Crippen LogP contribution in [0.2, 0.25) is 0 Å². The second-order valence-electron chi connectivity index (χ2n) is 6.98. The third-order valence-corrected chi connectivity index (χ3v) is 5.10. The number of aromatic nitrogens is 2. The van der Waals surface area contributed by atoms with E-state index >= 15 is 0 Å². The minimum Gasteiger partial charge on any atom is -0.289 e. The molecule has 5 heteroatoms. The van der Waals surface area contributed by atoms with Crippen molar-refractivity contribution < 1.29 is 59.0 Å². The van der Waals surface area contributed by atoms with Crippen molar-refractivity contribution in [3.63, 3.8) is 0 Å². The first-order valence-electron chi connectivity index (χ1n) is 9.60. The van der Waals surface area contributed by atoms with Crippen molar-refractivity contribution in [2.45, 2.75) is 0 Å². The number of benzene rings is 3. The molecular weight excluding hydrogens is 524 g/mol. The van der Waals surface area contributed by atoms with Gasteiger partial charge in [-0.15, -0.1) is 0 Å². The molecule has 31 heavy (non-hydrogen) atoms. The zero-order valence-corrected chi connectivity index (χ0v) is 18.8. The fraction of sp³-hybridized carbons (Fsp3) is 0. The van der Waals surface area contributed by atoms with E-state index in [-0.39, 0.29) is 66.6 Å². The average Bonchev–Trinajstić information content (AvgIpc) is 2.83. The smallest absolute Gasteiger partial charge is 0.212 e. The summed E-state index contributed by atoms with van der Waals surface area (Å²) in [6, 6.07) is 27.2. The molecule has 2 heterocycles. The number of fused-ring (bicyclic) bond motifs is 3. The van der Waals surface area contributed by atoms with Gasteiger partial charge in [0.15, 0.2) is 5.78 Å². The second kappa shape index (κ2) is 9.27. The van der Waals surface area contributed by atoms with Crippen LogP contribution < -0.4 is 0 Å². The Bertz CT molecular complexity index is 1420. The van der Waals surface area contributed by atoms with E-state index in [1.807, 2.05) is 36.4 Å². The van der Waals surface area contributed by atoms with Crippen LogP contribution in [0.1, 0.15) is 32.0 Å². The number of pyridine rings is 2. The molecule has 0 saturated carbocycles. The molecule has 4 nitrogen and oxygen atoms in total. The van der Waals surface area contributed by atoms with Crippen LogP contribution in [0.3, 0.4) is 0 Å². The van der Waals surface area contributed by atoms with E-state index in [1.54, 1.807) is 60.8 Å². The maximum absolute atomic E-state index is 13.4. The standard InChI is InChI=1S/C26H16N2O2.Eu/c29-25(17-8-3-1-4-9-17)21-16-19-13-14-22-20(12-7-15-27-22)23(19)28-24(21)26(30)18-10-5-2-6-11-18;/h1-16H;. The van der Waals surface area contributed by atoms with E-state index in [0.717, 1.165) is 16.3 Å². The minimum absolute atomic E-state index is 0. The SMILES string of the molecule is O=C(c1ccccc1)c1cc2ccc3ncccc3c2nc1C(=O)c1ccccc1.[Eu]. The predicted octanol–water partition coefficient (Wildman–Crippen LogP) is 5.25. The van der Waals surface area contributed by atoms with Crippen LogP contribution in [0, 0.1) is 49.4 Å². The number of carbonyl (C=O) groups excluding carboxylic acids is 2. The largest absolute Gasteiger partial charge is 0.289 e. The van der Waals surface area contributed by atoms with Gasteiger partial charge in [0.1, 0.15) is 5.69 Å². The number of nitrogens with zero attached hydrogens (tertiary/aromatic N) is 2. The molecule has 0 fully saturated rings. The number of hydrogen-bond acceptors (Lipinski definition) is 4. The fourth-order valence-electron chi connectivity index (χ4n) is 3.61. The summed E-state index contributed by atoms with van der Waals surface area (Å²) in [4.78, 5) is 35.8. The molecule has 3 aromatic carbocycles. The Balaban J connectivity index is 0.00000231. The van der Waals surface area contributed by atoms with Gasteiger partial charge < -0.3 is 0 Å². The molecule has 0 aliphatic heterocycles. The first-order chi connectivity index (χ1) is 14.7. The van der Waals surface area contributed by atoms with E-state index in [1.165, 1.54) is 0 Å². The van der Waals surface area contributed by atoms with Crippen molar-refractivity contribution in [1.82, 2.24) is 9.97 Å². The molecule has 0 spiro atoms. The van der Waals surface area contributed by atoms with Crippen LogP contribution in [0.4, 0.5) is 0 Å². The summed E-state index contributed by atoms with van der Waals surface area (Å²) in [5.74, 6) is -0.506. The average molecular weight is 540 g/mol.